The van der Waals surface area contributed by atoms with E-state index in [4.69, 9.17) is 0 Å². The van der Waals surface area contributed by atoms with Gasteiger partial charge in [0.05, 0.1) is 0 Å². The van der Waals surface area contributed by atoms with Crippen molar-refractivity contribution in [3.8, 4) is 0 Å². The van der Waals surface area contributed by atoms with E-state index in [1.54, 1.807) is 6.08 Å². The monoisotopic (exact) mass is 192 g/mol. The number of benzene rings is 1. The third kappa shape index (κ3) is 2.28. The molecule has 14 heavy (non-hydrogen) atoms. The summed E-state index contributed by atoms with van der Waals surface area (Å²) >= 11 is 0. The maximum atomic E-state index is 12.6. The number of allylic oxidation sites excluding steroid dienone is 2. The van der Waals surface area contributed by atoms with Crippen LogP contribution in [-0.2, 0) is 0 Å². The van der Waals surface area contributed by atoms with Crippen molar-refractivity contribution in [2.45, 2.75) is 20.3 Å². The van der Waals surface area contributed by atoms with E-state index in [-0.39, 0.29) is 11.6 Å². The molecule has 0 saturated carbocycles. The summed E-state index contributed by atoms with van der Waals surface area (Å²) in [5.41, 5.74) is 1.30. The molecule has 0 N–H and O–H groups in total. The maximum absolute atomic E-state index is 12.6. The Morgan fingerprint density at radius 1 is 1.36 bits per heavy atom. The predicted octanol–water partition coefficient (Wildman–Crippen LogP) is 3.36. The third-order valence-corrected chi connectivity index (χ3v) is 2.13. The van der Waals surface area contributed by atoms with Gasteiger partial charge in [-0.25, -0.2) is 4.39 Å². The first kappa shape index (κ1) is 10.6. The van der Waals surface area contributed by atoms with Crippen LogP contribution < -0.4 is 0 Å². The zero-order valence-electron chi connectivity index (χ0n) is 8.38. The second-order valence-corrected chi connectivity index (χ2v) is 3.00. The van der Waals surface area contributed by atoms with Crippen molar-refractivity contribution in [2.75, 3.05) is 0 Å². The molecule has 74 valence electrons. The fourth-order valence-electron chi connectivity index (χ4n) is 1.28. The molecule has 0 amide bonds. The SMILES string of the molecule is C/C=C(/CC)C(=O)c1ccc(F)cc1. The molecular weight excluding hydrogens is 179 g/mol. The number of carbonyl (C=O) groups excluding carboxylic acids is 1. The van der Waals surface area contributed by atoms with E-state index in [9.17, 15) is 9.18 Å². The van der Waals surface area contributed by atoms with Crippen molar-refractivity contribution >= 4 is 5.78 Å². The Morgan fingerprint density at radius 2 is 1.93 bits per heavy atom. The van der Waals surface area contributed by atoms with E-state index >= 15 is 0 Å². The summed E-state index contributed by atoms with van der Waals surface area (Å²) in [5, 5.41) is 0. The molecule has 0 heterocycles. The van der Waals surface area contributed by atoms with Crippen LogP contribution >= 0.6 is 0 Å². The lowest BCUT2D eigenvalue weighted by Gasteiger charge is -2.02. The zero-order valence-corrected chi connectivity index (χ0v) is 8.38. The quantitative estimate of drug-likeness (QED) is 0.530. The highest BCUT2D eigenvalue weighted by molar-refractivity contribution is 6.08. The fraction of sp³-hybridized carbons (Fsp3) is 0.250. The number of halogens is 1. The lowest BCUT2D eigenvalue weighted by atomic mass is 10.0. The van der Waals surface area contributed by atoms with Gasteiger partial charge in [0.25, 0.3) is 0 Å². The van der Waals surface area contributed by atoms with Crippen molar-refractivity contribution in [1.29, 1.82) is 0 Å². The van der Waals surface area contributed by atoms with Crippen LogP contribution in [0, 0.1) is 5.82 Å². The minimum Gasteiger partial charge on any atom is -0.289 e. The van der Waals surface area contributed by atoms with E-state index in [1.807, 2.05) is 13.8 Å². The first-order valence-electron chi connectivity index (χ1n) is 4.64. The van der Waals surface area contributed by atoms with Gasteiger partial charge in [-0.05, 0) is 43.2 Å². The molecule has 0 aliphatic carbocycles. The summed E-state index contributed by atoms with van der Waals surface area (Å²) in [5.74, 6) is -0.338. The van der Waals surface area contributed by atoms with Crippen LogP contribution in [0.3, 0.4) is 0 Å². The van der Waals surface area contributed by atoms with Crippen molar-refractivity contribution < 1.29 is 9.18 Å². The number of hydrogen-bond acceptors (Lipinski definition) is 1. The smallest absolute Gasteiger partial charge is 0.188 e. The lowest BCUT2D eigenvalue weighted by molar-refractivity contribution is 0.103. The Bertz CT molecular complexity index is 349. The summed E-state index contributed by atoms with van der Waals surface area (Å²) in [6, 6.07) is 5.62. The van der Waals surface area contributed by atoms with Gasteiger partial charge in [-0.1, -0.05) is 13.0 Å². The van der Waals surface area contributed by atoms with Crippen molar-refractivity contribution in [3.63, 3.8) is 0 Å². The van der Waals surface area contributed by atoms with Crippen LogP contribution in [0.4, 0.5) is 4.39 Å². The topological polar surface area (TPSA) is 17.1 Å². The molecule has 1 nitrogen and oxygen atoms in total. The van der Waals surface area contributed by atoms with Gasteiger partial charge in [0, 0.05) is 5.56 Å². The van der Waals surface area contributed by atoms with Crippen LogP contribution in [0.25, 0.3) is 0 Å². The van der Waals surface area contributed by atoms with Gasteiger partial charge in [0.15, 0.2) is 5.78 Å². The average Bonchev–Trinajstić information content (AvgIpc) is 2.20. The first-order chi connectivity index (χ1) is 6.69. The largest absolute Gasteiger partial charge is 0.289 e. The molecule has 2 heteroatoms. The minimum atomic E-state index is -0.319. The molecule has 0 aliphatic heterocycles. The highest BCUT2D eigenvalue weighted by atomic mass is 19.1. The second-order valence-electron chi connectivity index (χ2n) is 3.00. The Morgan fingerprint density at radius 3 is 2.36 bits per heavy atom. The number of Topliss-reactive ketones (excluding diaryl/α,β-unsaturated/α-hetero) is 1. The molecule has 0 bridgehead atoms. The van der Waals surface area contributed by atoms with E-state index in [2.05, 4.69) is 0 Å². The molecule has 0 aliphatic rings. The van der Waals surface area contributed by atoms with E-state index in [1.165, 1.54) is 24.3 Å². The molecule has 0 spiro atoms. The molecule has 0 fully saturated rings. The summed E-state index contributed by atoms with van der Waals surface area (Å²) in [7, 11) is 0. The van der Waals surface area contributed by atoms with Gasteiger partial charge in [0.2, 0.25) is 0 Å². The Hall–Kier alpha value is -1.44. The van der Waals surface area contributed by atoms with Crippen LogP contribution in [0.5, 0.6) is 0 Å². The van der Waals surface area contributed by atoms with Crippen LogP contribution in [0.1, 0.15) is 30.6 Å². The fourth-order valence-corrected chi connectivity index (χ4v) is 1.28. The maximum Gasteiger partial charge on any atom is 0.188 e. The number of ketones is 1. The molecule has 1 aromatic rings. The summed E-state index contributed by atoms with van der Waals surface area (Å²) in [6.45, 7) is 3.76. The normalized spacial score (nSPS) is 11.5. The molecule has 1 aromatic carbocycles. The number of hydrogen-bond donors (Lipinski definition) is 0. The highest BCUT2D eigenvalue weighted by Crippen LogP contribution is 2.11. The predicted molar refractivity (Wildman–Crippen MR) is 54.8 cm³/mol. The van der Waals surface area contributed by atoms with Gasteiger partial charge in [0.1, 0.15) is 5.82 Å². The minimum absolute atomic E-state index is 0.0185. The van der Waals surface area contributed by atoms with Crippen LogP contribution in [0.15, 0.2) is 35.9 Å². The molecule has 1 rings (SSSR count). The Kier molecular flexibility index (Phi) is 3.57. The van der Waals surface area contributed by atoms with Crippen LogP contribution in [-0.4, -0.2) is 5.78 Å². The van der Waals surface area contributed by atoms with Crippen LogP contribution in [0.2, 0.25) is 0 Å². The van der Waals surface area contributed by atoms with Gasteiger partial charge in [-0.15, -0.1) is 0 Å². The van der Waals surface area contributed by atoms with Gasteiger partial charge in [-0.3, -0.25) is 4.79 Å². The molecule has 0 aromatic heterocycles. The van der Waals surface area contributed by atoms with Crippen molar-refractivity contribution in [1.82, 2.24) is 0 Å². The molecule has 0 atom stereocenters. The summed E-state index contributed by atoms with van der Waals surface area (Å²) in [6.07, 6.45) is 2.50. The van der Waals surface area contributed by atoms with Gasteiger partial charge < -0.3 is 0 Å². The summed E-state index contributed by atoms with van der Waals surface area (Å²) < 4.78 is 12.6. The number of carbonyl (C=O) groups is 1. The standard InChI is InChI=1S/C12H13FO/c1-3-9(4-2)12(14)10-5-7-11(13)8-6-10/h3,5-8H,4H2,1-2H3/b9-3-. The third-order valence-electron chi connectivity index (χ3n) is 2.13. The Labute approximate surface area is 83.3 Å². The van der Waals surface area contributed by atoms with E-state index in [0.29, 0.717) is 12.0 Å². The average molecular weight is 192 g/mol. The highest BCUT2D eigenvalue weighted by Gasteiger charge is 2.08. The van der Waals surface area contributed by atoms with E-state index in [0.717, 1.165) is 5.57 Å². The van der Waals surface area contributed by atoms with Crippen molar-refractivity contribution in [3.05, 3.63) is 47.3 Å². The lowest BCUT2D eigenvalue weighted by Crippen LogP contribution is -2.02. The molecule has 0 saturated heterocycles. The Balaban J connectivity index is 2.95. The number of rotatable bonds is 3. The molecule has 0 radical (unpaired) electrons. The molecule has 0 unspecified atom stereocenters. The van der Waals surface area contributed by atoms with Gasteiger partial charge >= 0.3 is 0 Å². The first-order valence-corrected chi connectivity index (χ1v) is 4.64. The molecular formula is C12H13FO. The van der Waals surface area contributed by atoms with Crippen molar-refractivity contribution in [2.24, 2.45) is 0 Å². The zero-order chi connectivity index (χ0) is 10.6. The van der Waals surface area contributed by atoms with E-state index < -0.39 is 0 Å². The van der Waals surface area contributed by atoms with Gasteiger partial charge in [-0.2, -0.15) is 0 Å². The second kappa shape index (κ2) is 4.70. The summed E-state index contributed by atoms with van der Waals surface area (Å²) in [4.78, 5) is 11.7.